The lowest BCUT2D eigenvalue weighted by Gasteiger charge is -2.12. The van der Waals surface area contributed by atoms with E-state index in [1.165, 1.54) is 6.07 Å². The van der Waals surface area contributed by atoms with Gasteiger partial charge in [0.2, 0.25) is 0 Å². The van der Waals surface area contributed by atoms with E-state index >= 15 is 0 Å². The van der Waals surface area contributed by atoms with Crippen LogP contribution >= 0.6 is 0 Å². The molecular weight excluding hydrogens is 304 g/mol. The molecule has 0 amide bonds. The lowest BCUT2D eigenvalue weighted by atomic mass is 9.89. The third-order valence-electron chi connectivity index (χ3n) is 3.16. The van der Waals surface area contributed by atoms with Crippen molar-refractivity contribution < 1.29 is 34.5 Å². The normalized spacial score (nSPS) is 10.1. The summed E-state index contributed by atoms with van der Waals surface area (Å²) in [7, 11) is 0. The number of hydrogen-bond acceptors (Lipinski definition) is 4. The molecule has 2 aromatic rings. The SMILES string of the molecule is O=C(O)C(=O)c1c(-c2ccccc2)ccc(C(=O)O)c1C(=O)O. The number of carboxylic acids is 3. The van der Waals surface area contributed by atoms with Crippen LogP contribution in [0.5, 0.6) is 0 Å². The highest BCUT2D eigenvalue weighted by Gasteiger charge is 2.30. The summed E-state index contributed by atoms with van der Waals surface area (Å²) in [6.07, 6.45) is 0. The molecule has 7 nitrogen and oxygen atoms in total. The van der Waals surface area contributed by atoms with Gasteiger partial charge in [-0.3, -0.25) is 4.79 Å². The molecule has 7 heteroatoms. The Kier molecular flexibility index (Phi) is 4.22. The third kappa shape index (κ3) is 2.93. The molecule has 0 radical (unpaired) electrons. The van der Waals surface area contributed by atoms with Gasteiger partial charge in [0.15, 0.2) is 0 Å². The third-order valence-corrected chi connectivity index (χ3v) is 3.16. The fourth-order valence-electron chi connectivity index (χ4n) is 2.20. The fraction of sp³-hybridized carbons (Fsp3) is 0. The van der Waals surface area contributed by atoms with Crippen LogP contribution in [0.4, 0.5) is 0 Å². The smallest absolute Gasteiger partial charge is 0.377 e. The Bertz CT molecular complexity index is 822. The Morgan fingerprint density at radius 3 is 1.78 bits per heavy atom. The van der Waals surface area contributed by atoms with Gasteiger partial charge in [0.05, 0.1) is 16.7 Å². The molecule has 0 aliphatic carbocycles. The van der Waals surface area contributed by atoms with Crippen LogP contribution in [0.3, 0.4) is 0 Å². The van der Waals surface area contributed by atoms with Crippen molar-refractivity contribution in [3.8, 4) is 11.1 Å². The van der Waals surface area contributed by atoms with Crippen molar-refractivity contribution in [3.63, 3.8) is 0 Å². The summed E-state index contributed by atoms with van der Waals surface area (Å²) in [5, 5.41) is 27.3. The Hall–Kier alpha value is -3.48. The fourth-order valence-corrected chi connectivity index (χ4v) is 2.20. The van der Waals surface area contributed by atoms with Crippen molar-refractivity contribution in [2.75, 3.05) is 0 Å². The van der Waals surface area contributed by atoms with Crippen molar-refractivity contribution in [1.29, 1.82) is 0 Å². The number of rotatable bonds is 5. The molecule has 0 fully saturated rings. The molecule has 0 heterocycles. The Morgan fingerprint density at radius 2 is 1.30 bits per heavy atom. The maximum Gasteiger partial charge on any atom is 0.377 e. The first kappa shape index (κ1) is 15.9. The number of carboxylic acid groups (broad SMARTS) is 3. The Morgan fingerprint density at radius 1 is 0.696 bits per heavy atom. The average molecular weight is 314 g/mol. The predicted octanol–water partition coefficient (Wildman–Crippen LogP) is 2.02. The molecular formula is C16H10O7. The van der Waals surface area contributed by atoms with Crippen LogP contribution in [0.15, 0.2) is 42.5 Å². The quantitative estimate of drug-likeness (QED) is 0.568. The van der Waals surface area contributed by atoms with Gasteiger partial charge in [0.1, 0.15) is 0 Å². The number of Topliss-reactive ketones (excluding diaryl/α,β-unsaturated/α-hetero) is 1. The number of hydrogen-bond donors (Lipinski definition) is 3. The first-order valence-electron chi connectivity index (χ1n) is 6.31. The first-order chi connectivity index (χ1) is 10.8. The predicted molar refractivity (Wildman–Crippen MR) is 77.8 cm³/mol. The zero-order chi connectivity index (χ0) is 17.1. The Balaban J connectivity index is 2.91. The molecule has 0 aliphatic heterocycles. The summed E-state index contributed by atoms with van der Waals surface area (Å²) in [6, 6.07) is 10.3. The van der Waals surface area contributed by atoms with Crippen molar-refractivity contribution in [1.82, 2.24) is 0 Å². The molecule has 0 bridgehead atoms. The second-order valence-electron chi connectivity index (χ2n) is 4.52. The molecule has 0 unspecified atom stereocenters. The summed E-state index contributed by atoms with van der Waals surface area (Å²) in [4.78, 5) is 45.7. The molecule has 116 valence electrons. The van der Waals surface area contributed by atoms with Crippen molar-refractivity contribution in [2.24, 2.45) is 0 Å². The molecule has 0 atom stereocenters. The largest absolute Gasteiger partial charge is 0.478 e. The second kappa shape index (κ2) is 6.10. The number of aromatic carboxylic acids is 2. The standard InChI is InChI=1S/C16H10O7/c17-13(16(22)23)11-9(8-4-2-1-3-5-8)6-7-10(14(18)19)12(11)15(20)21/h1-7H,(H,18,19)(H,20,21)(H,22,23). The van der Waals surface area contributed by atoms with Crippen molar-refractivity contribution in [2.45, 2.75) is 0 Å². The van der Waals surface area contributed by atoms with Crippen LogP contribution in [-0.2, 0) is 4.79 Å². The summed E-state index contributed by atoms with van der Waals surface area (Å²) in [5.41, 5.74) is -1.71. The highest BCUT2D eigenvalue weighted by molar-refractivity contribution is 6.43. The maximum absolute atomic E-state index is 12.0. The van der Waals surface area contributed by atoms with E-state index in [9.17, 15) is 24.3 Å². The van der Waals surface area contributed by atoms with Gasteiger partial charge in [0, 0.05) is 0 Å². The van der Waals surface area contributed by atoms with Gasteiger partial charge in [0.25, 0.3) is 5.78 Å². The molecule has 0 saturated carbocycles. The van der Waals surface area contributed by atoms with Gasteiger partial charge < -0.3 is 15.3 Å². The number of benzene rings is 2. The molecule has 2 rings (SSSR count). The van der Waals surface area contributed by atoms with E-state index in [-0.39, 0.29) is 5.56 Å². The van der Waals surface area contributed by atoms with E-state index in [0.717, 1.165) is 6.07 Å². The number of carbonyl (C=O) groups is 4. The lowest BCUT2D eigenvalue weighted by molar-refractivity contribution is -0.131. The molecule has 0 aliphatic rings. The van der Waals surface area contributed by atoms with Crippen molar-refractivity contribution >= 4 is 23.7 Å². The maximum atomic E-state index is 12.0. The van der Waals surface area contributed by atoms with Gasteiger partial charge in [-0.1, -0.05) is 36.4 Å². The van der Waals surface area contributed by atoms with E-state index in [0.29, 0.717) is 5.56 Å². The summed E-state index contributed by atoms with van der Waals surface area (Å²) < 4.78 is 0. The first-order valence-corrected chi connectivity index (χ1v) is 6.31. The molecule has 0 saturated heterocycles. The van der Waals surface area contributed by atoms with E-state index in [2.05, 4.69) is 0 Å². The van der Waals surface area contributed by atoms with Crippen LogP contribution in [0.2, 0.25) is 0 Å². The zero-order valence-electron chi connectivity index (χ0n) is 11.5. The minimum Gasteiger partial charge on any atom is -0.478 e. The van der Waals surface area contributed by atoms with E-state index < -0.39 is 40.4 Å². The number of ketones is 1. The molecule has 2 aromatic carbocycles. The summed E-state index contributed by atoms with van der Waals surface area (Å²) >= 11 is 0. The highest BCUT2D eigenvalue weighted by atomic mass is 16.4. The van der Waals surface area contributed by atoms with Gasteiger partial charge >= 0.3 is 17.9 Å². The van der Waals surface area contributed by atoms with Crippen LogP contribution in [0.1, 0.15) is 31.1 Å². The van der Waals surface area contributed by atoms with Crippen LogP contribution in [0.25, 0.3) is 11.1 Å². The molecule has 0 aromatic heterocycles. The van der Waals surface area contributed by atoms with Gasteiger partial charge in [-0.25, -0.2) is 14.4 Å². The molecule has 0 spiro atoms. The van der Waals surface area contributed by atoms with E-state index in [1.807, 2.05) is 0 Å². The average Bonchev–Trinajstić information content (AvgIpc) is 2.53. The number of aliphatic carboxylic acids is 1. The second-order valence-corrected chi connectivity index (χ2v) is 4.52. The molecule has 23 heavy (non-hydrogen) atoms. The molecule has 3 N–H and O–H groups in total. The Labute approximate surface area is 129 Å². The van der Waals surface area contributed by atoms with Gasteiger partial charge in [-0.15, -0.1) is 0 Å². The summed E-state index contributed by atoms with van der Waals surface area (Å²) in [5.74, 6) is -6.61. The minimum absolute atomic E-state index is 0.0420. The highest BCUT2D eigenvalue weighted by Crippen LogP contribution is 2.29. The zero-order valence-corrected chi connectivity index (χ0v) is 11.5. The van der Waals surface area contributed by atoms with Gasteiger partial charge in [-0.2, -0.15) is 0 Å². The minimum atomic E-state index is -1.87. The van der Waals surface area contributed by atoms with Crippen molar-refractivity contribution in [3.05, 3.63) is 59.2 Å². The number of carbonyl (C=O) groups excluding carboxylic acids is 1. The monoisotopic (exact) mass is 314 g/mol. The van der Waals surface area contributed by atoms with E-state index in [1.54, 1.807) is 30.3 Å². The van der Waals surface area contributed by atoms with E-state index in [4.69, 9.17) is 10.2 Å². The van der Waals surface area contributed by atoms with Crippen LogP contribution in [0, 0.1) is 0 Å². The summed E-state index contributed by atoms with van der Waals surface area (Å²) in [6.45, 7) is 0. The lowest BCUT2D eigenvalue weighted by Crippen LogP contribution is -2.21. The van der Waals surface area contributed by atoms with Crippen LogP contribution < -0.4 is 0 Å². The topological polar surface area (TPSA) is 129 Å². The van der Waals surface area contributed by atoms with Crippen LogP contribution in [-0.4, -0.2) is 39.0 Å². The van der Waals surface area contributed by atoms with Gasteiger partial charge in [-0.05, 0) is 17.2 Å².